The molecule has 0 bridgehead atoms. The lowest BCUT2D eigenvalue weighted by Gasteiger charge is -2.19. The molecule has 0 aliphatic rings. The van der Waals surface area contributed by atoms with Crippen LogP contribution in [0.5, 0.6) is 11.5 Å². The molecule has 6 heteroatoms. The Morgan fingerprint density at radius 3 is 2.17 bits per heavy atom. The maximum absolute atomic E-state index is 13.3. The molecule has 0 amide bonds. The van der Waals surface area contributed by atoms with Crippen LogP contribution in [0.25, 0.3) is 11.1 Å². The van der Waals surface area contributed by atoms with Gasteiger partial charge in [-0.15, -0.1) is 0 Å². The van der Waals surface area contributed by atoms with E-state index in [2.05, 4.69) is 0 Å². The third-order valence-corrected chi connectivity index (χ3v) is 4.20. The lowest BCUT2D eigenvalue weighted by molar-refractivity contribution is -0.138. The lowest BCUT2D eigenvalue weighted by atomic mass is 9.94. The molecule has 0 saturated carbocycles. The SMILES string of the molecule is COc1cc(-c2c(OC)ccc(C)c2Cl)c(C)c(C(F)(F)F)c1. The molecule has 0 spiro atoms. The average Bonchev–Trinajstić information content (AvgIpc) is 2.49. The first-order valence-corrected chi connectivity index (χ1v) is 7.17. The van der Waals surface area contributed by atoms with Gasteiger partial charge in [-0.2, -0.15) is 13.2 Å². The normalized spacial score (nSPS) is 11.5. The van der Waals surface area contributed by atoms with Gasteiger partial charge in [-0.25, -0.2) is 0 Å². The molecule has 0 fully saturated rings. The summed E-state index contributed by atoms with van der Waals surface area (Å²) in [6.07, 6.45) is -4.49. The lowest BCUT2D eigenvalue weighted by Crippen LogP contribution is -2.09. The minimum Gasteiger partial charge on any atom is -0.497 e. The van der Waals surface area contributed by atoms with E-state index in [0.717, 1.165) is 11.6 Å². The molecule has 23 heavy (non-hydrogen) atoms. The Labute approximate surface area is 137 Å². The molecule has 0 aliphatic heterocycles. The number of hydrogen-bond acceptors (Lipinski definition) is 2. The second-order valence-corrected chi connectivity index (χ2v) is 5.50. The Morgan fingerprint density at radius 1 is 1.00 bits per heavy atom. The number of hydrogen-bond donors (Lipinski definition) is 0. The minimum atomic E-state index is -4.49. The Balaban J connectivity index is 2.87. The average molecular weight is 345 g/mol. The number of rotatable bonds is 3. The van der Waals surface area contributed by atoms with E-state index in [1.54, 1.807) is 19.1 Å². The van der Waals surface area contributed by atoms with E-state index in [4.69, 9.17) is 21.1 Å². The molecular weight excluding hydrogens is 329 g/mol. The fourth-order valence-corrected chi connectivity index (χ4v) is 2.70. The van der Waals surface area contributed by atoms with Crippen molar-refractivity contribution in [2.75, 3.05) is 14.2 Å². The Morgan fingerprint density at radius 2 is 1.65 bits per heavy atom. The zero-order valence-electron chi connectivity index (χ0n) is 13.1. The first-order chi connectivity index (χ1) is 10.7. The molecule has 124 valence electrons. The van der Waals surface area contributed by atoms with Crippen molar-refractivity contribution in [3.63, 3.8) is 0 Å². The molecule has 0 radical (unpaired) electrons. The fourth-order valence-electron chi connectivity index (χ4n) is 2.44. The first kappa shape index (κ1) is 17.5. The van der Waals surface area contributed by atoms with Gasteiger partial charge in [0.25, 0.3) is 0 Å². The third kappa shape index (κ3) is 3.24. The van der Waals surface area contributed by atoms with Crippen LogP contribution >= 0.6 is 11.6 Å². The van der Waals surface area contributed by atoms with Crippen LogP contribution in [0.2, 0.25) is 5.02 Å². The van der Waals surface area contributed by atoms with Gasteiger partial charge in [-0.1, -0.05) is 17.7 Å². The van der Waals surface area contributed by atoms with Crippen LogP contribution in [-0.4, -0.2) is 14.2 Å². The summed E-state index contributed by atoms with van der Waals surface area (Å²) in [5, 5.41) is 0.355. The summed E-state index contributed by atoms with van der Waals surface area (Å²) in [6, 6.07) is 5.95. The molecule has 0 N–H and O–H groups in total. The second kappa shape index (κ2) is 6.32. The third-order valence-electron chi connectivity index (χ3n) is 3.71. The van der Waals surface area contributed by atoms with E-state index < -0.39 is 11.7 Å². The van der Waals surface area contributed by atoms with Crippen molar-refractivity contribution in [3.05, 3.63) is 46.0 Å². The van der Waals surface area contributed by atoms with Crippen molar-refractivity contribution in [3.8, 4) is 22.6 Å². The predicted octanol–water partition coefficient (Wildman–Crippen LogP) is 5.66. The molecule has 0 heterocycles. The van der Waals surface area contributed by atoms with Gasteiger partial charge in [0.05, 0.1) is 24.8 Å². The molecule has 2 rings (SSSR count). The standard InChI is InChI=1S/C17H16ClF3O2/c1-9-5-6-14(23-4)15(16(9)18)12-7-11(22-3)8-13(10(12)2)17(19,20)21/h5-8H,1-4H3. The topological polar surface area (TPSA) is 18.5 Å². The van der Waals surface area contributed by atoms with Gasteiger partial charge in [-0.05, 0) is 48.7 Å². The number of halogens is 4. The summed E-state index contributed by atoms with van der Waals surface area (Å²) in [4.78, 5) is 0. The monoisotopic (exact) mass is 344 g/mol. The van der Waals surface area contributed by atoms with E-state index in [0.29, 0.717) is 21.9 Å². The minimum absolute atomic E-state index is 0.0732. The summed E-state index contributed by atoms with van der Waals surface area (Å²) in [6.45, 7) is 3.20. The molecule has 0 unspecified atom stereocenters. The Hall–Kier alpha value is -1.88. The van der Waals surface area contributed by atoms with Crippen LogP contribution in [0, 0.1) is 13.8 Å². The number of methoxy groups -OCH3 is 2. The summed E-state index contributed by atoms with van der Waals surface area (Å²) in [5.41, 5.74) is 0.826. The first-order valence-electron chi connectivity index (χ1n) is 6.80. The molecule has 2 aromatic carbocycles. The zero-order valence-corrected chi connectivity index (χ0v) is 13.9. The summed E-state index contributed by atoms with van der Waals surface area (Å²) >= 11 is 6.34. The van der Waals surface area contributed by atoms with Crippen molar-refractivity contribution in [2.45, 2.75) is 20.0 Å². The maximum atomic E-state index is 13.3. The fraction of sp³-hybridized carbons (Fsp3) is 0.294. The Bertz CT molecular complexity index is 740. The molecule has 0 saturated heterocycles. The van der Waals surface area contributed by atoms with Crippen molar-refractivity contribution < 1.29 is 22.6 Å². The highest BCUT2D eigenvalue weighted by Gasteiger charge is 2.34. The summed E-state index contributed by atoms with van der Waals surface area (Å²) in [7, 11) is 2.77. The van der Waals surface area contributed by atoms with Gasteiger partial charge < -0.3 is 9.47 Å². The largest absolute Gasteiger partial charge is 0.497 e. The van der Waals surface area contributed by atoms with Crippen LogP contribution < -0.4 is 9.47 Å². The van der Waals surface area contributed by atoms with E-state index in [9.17, 15) is 13.2 Å². The van der Waals surface area contributed by atoms with Crippen molar-refractivity contribution >= 4 is 11.6 Å². The van der Waals surface area contributed by atoms with Gasteiger partial charge in [0.15, 0.2) is 0 Å². The van der Waals surface area contributed by atoms with Crippen LogP contribution in [0.4, 0.5) is 13.2 Å². The van der Waals surface area contributed by atoms with Crippen LogP contribution in [0.15, 0.2) is 24.3 Å². The second-order valence-electron chi connectivity index (χ2n) is 5.12. The van der Waals surface area contributed by atoms with Gasteiger partial charge in [-0.3, -0.25) is 0 Å². The number of alkyl halides is 3. The van der Waals surface area contributed by atoms with Crippen LogP contribution in [-0.2, 0) is 6.18 Å². The smallest absolute Gasteiger partial charge is 0.416 e. The molecule has 0 aliphatic carbocycles. The van der Waals surface area contributed by atoms with Gasteiger partial charge in [0, 0.05) is 5.56 Å². The van der Waals surface area contributed by atoms with Crippen molar-refractivity contribution in [2.24, 2.45) is 0 Å². The quantitative estimate of drug-likeness (QED) is 0.715. The van der Waals surface area contributed by atoms with E-state index in [1.807, 2.05) is 0 Å². The Kier molecular flexibility index (Phi) is 4.80. The van der Waals surface area contributed by atoms with E-state index in [-0.39, 0.29) is 11.3 Å². The molecule has 2 nitrogen and oxygen atoms in total. The van der Waals surface area contributed by atoms with Crippen LogP contribution in [0.3, 0.4) is 0 Å². The number of aryl methyl sites for hydroxylation is 1. The molecular formula is C17H16ClF3O2. The molecule has 0 atom stereocenters. The number of ether oxygens (including phenoxy) is 2. The molecule has 2 aromatic rings. The van der Waals surface area contributed by atoms with Gasteiger partial charge in [0.2, 0.25) is 0 Å². The highest BCUT2D eigenvalue weighted by atomic mass is 35.5. The van der Waals surface area contributed by atoms with Crippen molar-refractivity contribution in [1.29, 1.82) is 0 Å². The van der Waals surface area contributed by atoms with Crippen LogP contribution in [0.1, 0.15) is 16.7 Å². The van der Waals surface area contributed by atoms with E-state index in [1.165, 1.54) is 27.2 Å². The highest BCUT2D eigenvalue weighted by Crippen LogP contribution is 2.45. The molecule has 0 aromatic heterocycles. The predicted molar refractivity (Wildman–Crippen MR) is 84.5 cm³/mol. The zero-order chi connectivity index (χ0) is 17.4. The summed E-state index contributed by atoms with van der Waals surface area (Å²) in [5.74, 6) is 0.516. The van der Waals surface area contributed by atoms with Gasteiger partial charge >= 0.3 is 6.18 Å². The van der Waals surface area contributed by atoms with Crippen molar-refractivity contribution in [1.82, 2.24) is 0 Å². The number of benzene rings is 2. The van der Waals surface area contributed by atoms with Gasteiger partial charge in [0.1, 0.15) is 11.5 Å². The highest BCUT2D eigenvalue weighted by molar-refractivity contribution is 6.34. The maximum Gasteiger partial charge on any atom is 0.416 e. The van der Waals surface area contributed by atoms with E-state index >= 15 is 0 Å². The summed E-state index contributed by atoms with van der Waals surface area (Å²) < 4.78 is 50.2.